The number of hydrogen-bond acceptors (Lipinski definition) is 4. The lowest BCUT2D eigenvalue weighted by Crippen LogP contribution is -2.41. The Bertz CT molecular complexity index is 540. The number of halogens is 2. The Labute approximate surface area is 134 Å². The third-order valence-corrected chi connectivity index (χ3v) is 3.97. The molecule has 1 N–H and O–H groups in total. The van der Waals surface area contributed by atoms with Gasteiger partial charge >= 0.3 is 6.61 Å². The summed E-state index contributed by atoms with van der Waals surface area (Å²) in [5.74, 6) is 0.325. The highest BCUT2D eigenvalue weighted by Crippen LogP contribution is 2.30. The van der Waals surface area contributed by atoms with E-state index in [4.69, 9.17) is 4.74 Å². The second kappa shape index (κ2) is 8.10. The molecule has 1 atom stereocenters. The Morgan fingerprint density at radius 2 is 2.22 bits per heavy atom. The van der Waals surface area contributed by atoms with Gasteiger partial charge in [0.15, 0.2) is 11.5 Å². The topological polar surface area (TPSA) is 50.8 Å². The standard InChI is InChI=1S/C16H22F2N2O3/c1-19-15(21)12-4-3-7-20(10-12)9-11-5-6-13(22-2)14(8-11)23-16(17)18/h5-6,8,12,16H,3-4,7,9-10H2,1-2H3,(H,19,21). The second-order valence-electron chi connectivity index (χ2n) is 5.55. The van der Waals surface area contributed by atoms with Crippen LogP contribution in [0.5, 0.6) is 11.5 Å². The summed E-state index contributed by atoms with van der Waals surface area (Å²) in [6.45, 7) is -0.773. The van der Waals surface area contributed by atoms with Gasteiger partial charge in [-0.3, -0.25) is 9.69 Å². The predicted octanol–water partition coefficient (Wildman–Crippen LogP) is 2.25. The maximum Gasteiger partial charge on any atom is 0.387 e. The maximum absolute atomic E-state index is 12.5. The molecule has 1 aliphatic rings. The molecule has 0 aliphatic carbocycles. The van der Waals surface area contributed by atoms with E-state index in [-0.39, 0.29) is 23.3 Å². The number of rotatable bonds is 6. The zero-order chi connectivity index (χ0) is 16.8. The first-order chi connectivity index (χ1) is 11.0. The fraction of sp³-hybridized carbons (Fsp3) is 0.562. The first kappa shape index (κ1) is 17.5. The Balaban J connectivity index is 2.05. The molecule has 0 saturated carbocycles. The fourth-order valence-corrected chi connectivity index (χ4v) is 2.88. The fourth-order valence-electron chi connectivity index (χ4n) is 2.88. The number of ether oxygens (including phenoxy) is 2. The van der Waals surface area contributed by atoms with Gasteiger partial charge in [-0.1, -0.05) is 6.07 Å². The molecule has 1 saturated heterocycles. The number of carbonyl (C=O) groups excluding carboxylic acids is 1. The zero-order valence-corrected chi connectivity index (χ0v) is 13.4. The average Bonchev–Trinajstić information content (AvgIpc) is 2.54. The highest BCUT2D eigenvalue weighted by Gasteiger charge is 2.25. The number of methoxy groups -OCH3 is 1. The molecule has 2 rings (SSSR count). The van der Waals surface area contributed by atoms with Crippen molar-refractivity contribution in [2.45, 2.75) is 26.0 Å². The van der Waals surface area contributed by atoms with Crippen LogP contribution >= 0.6 is 0 Å². The van der Waals surface area contributed by atoms with Crippen LogP contribution in [0.25, 0.3) is 0 Å². The zero-order valence-electron chi connectivity index (χ0n) is 13.4. The van der Waals surface area contributed by atoms with Gasteiger partial charge in [0.2, 0.25) is 5.91 Å². The Morgan fingerprint density at radius 1 is 1.43 bits per heavy atom. The van der Waals surface area contributed by atoms with Gasteiger partial charge in [-0.25, -0.2) is 0 Å². The van der Waals surface area contributed by atoms with Crippen molar-refractivity contribution < 1.29 is 23.0 Å². The van der Waals surface area contributed by atoms with Gasteiger partial charge in [-0.15, -0.1) is 0 Å². The summed E-state index contributed by atoms with van der Waals surface area (Å²) in [6, 6.07) is 5.00. The quantitative estimate of drug-likeness (QED) is 0.870. The average molecular weight is 328 g/mol. The minimum atomic E-state index is -2.90. The molecule has 0 radical (unpaired) electrons. The van der Waals surface area contributed by atoms with Crippen molar-refractivity contribution in [1.29, 1.82) is 0 Å². The molecule has 5 nitrogen and oxygen atoms in total. The molecule has 1 aliphatic heterocycles. The van der Waals surface area contributed by atoms with E-state index in [1.807, 2.05) is 6.07 Å². The highest BCUT2D eigenvalue weighted by atomic mass is 19.3. The molecule has 23 heavy (non-hydrogen) atoms. The number of nitrogens with zero attached hydrogens (tertiary/aromatic N) is 1. The van der Waals surface area contributed by atoms with E-state index in [1.54, 1.807) is 19.2 Å². The number of nitrogens with one attached hydrogen (secondary N) is 1. The molecule has 0 spiro atoms. The van der Waals surface area contributed by atoms with Crippen molar-refractivity contribution in [3.05, 3.63) is 23.8 Å². The normalized spacial score (nSPS) is 18.7. The van der Waals surface area contributed by atoms with E-state index in [9.17, 15) is 13.6 Å². The van der Waals surface area contributed by atoms with E-state index in [1.165, 1.54) is 7.11 Å². The molecule has 1 unspecified atom stereocenters. The summed E-state index contributed by atoms with van der Waals surface area (Å²) in [6.07, 6.45) is 1.81. The van der Waals surface area contributed by atoms with Crippen molar-refractivity contribution >= 4 is 5.91 Å². The minimum Gasteiger partial charge on any atom is -0.493 e. The van der Waals surface area contributed by atoms with E-state index < -0.39 is 6.61 Å². The predicted molar refractivity (Wildman–Crippen MR) is 81.7 cm³/mol. The van der Waals surface area contributed by atoms with Crippen LogP contribution in [0.15, 0.2) is 18.2 Å². The lowest BCUT2D eigenvalue weighted by atomic mass is 9.97. The van der Waals surface area contributed by atoms with Crippen LogP contribution in [-0.2, 0) is 11.3 Å². The summed E-state index contributed by atoms with van der Waals surface area (Å²) >= 11 is 0. The van der Waals surface area contributed by atoms with E-state index in [0.717, 1.165) is 24.9 Å². The lowest BCUT2D eigenvalue weighted by Gasteiger charge is -2.31. The largest absolute Gasteiger partial charge is 0.493 e. The maximum atomic E-state index is 12.5. The van der Waals surface area contributed by atoms with E-state index in [0.29, 0.717) is 13.1 Å². The number of hydrogen-bond donors (Lipinski definition) is 1. The van der Waals surface area contributed by atoms with Gasteiger partial charge in [0.1, 0.15) is 0 Å². The smallest absolute Gasteiger partial charge is 0.387 e. The van der Waals surface area contributed by atoms with Crippen LogP contribution < -0.4 is 14.8 Å². The highest BCUT2D eigenvalue weighted by molar-refractivity contribution is 5.78. The van der Waals surface area contributed by atoms with Crippen LogP contribution in [0.3, 0.4) is 0 Å². The van der Waals surface area contributed by atoms with Crippen LogP contribution in [0, 0.1) is 5.92 Å². The van der Waals surface area contributed by atoms with Crippen LogP contribution in [0.1, 0.15) is 18.4 Å². The molecule has 128 valence electrons. The summed E-state index contributed by atoms with van der Waals surface area (Å²) in [4.78, 5) is 13.9. The summed E-state index contributed by atoms with van der Waals surface area (Å²) in [7, 11) is 3.05. The van der Waals surface area contributed by atoms with Gasteiger partial charge in [0.05, 0.1) is 13.0 Å². The van der Waals surface area contributed by atoms with Crippen LogP contribution in [-0.4, -0.2) is 44.7 Å². The van der Waals surface area contributed by atoms with Crippen LogP contribution in [0.4, 0.5) is 8.78 Å². The summed E-state index contributed by atoms with van der Waals surface area (Å²) < 4.78 is 34.5. The molecule has 7 heteroatoms. The third-order valence-electron chi connectivity index (χ3n) is 3.97. The van der Waals surface area contributed by atoms with Gasteiger partial charge in [-0.05, 0) is 37.1 Å². The number of likely N-dealkylation sites (tertiary alicyclic amines) is 1. The Hall–Kier alpha value is -1.89. The van der Waals surface area contributed by atoms with E-state index >= 15 is 0 Å². The van der Waals surface area contributed by atoms with Gasteiger partial charge in [0.25, 0.3) is 0 Å². The Morgan fingerprint density at radius 3 is 2.87 bits per heavy atom. The van der Waals surface area contributed by atoms with Crippen molar-refractivity contribution in [3.63, 3.8) is 0 Å². The van der Waals surface area contributed by atoms with Gasteiger partial charge in [-0.2, -0.15) is 8.78 Å². The molecule has 0 bridgehead atoms. The number of alkyl halides is 2. The number of carbonyl (C=O) groups is 1. The summed E-state index contributed by atoms with van der Waals surface area (Å²) in [5, 5.41) is 2.68. The first-order valence-corrected chi connectivity index (χ1v) is 7.59. The van der Waals surface area contributed by atoms with E-state index in [2.05, 4.69) is 15.0 Å². The molecular weight excluding hydrogens is 306 g/mol. The summed E-state index contributed by atoms with van der Waals surface area (Å²) in [5.41, 5.74) is 0.846. The van der Waals surface area contributed by atoms with Crippen LogP contribution in [0.2, 0.25) is 0 Å². The SMILES string of the molecule is CNC(=O)C1CCCN(Cc2ccc(OC)c(OC(F)F)c2)C1. The van der Waals surface area contributed by atoms with Crippen molar-refractivity contribution in [1.82, 2.24) is 10.2 Å². The second-order valence-corrected chi connectivity index (χ2v) is 5.55. The number of benzene rings is 1. The third kappa shape index (κ3) is 4.79. The molecule has 1 aromatic rings. The van der Waals surface area contributed by atoms with Gasteiger partial charge < -0.3 is 14.8 Å². The van der Waals surface area contributed by atoms with Gasteiger partial charge in [0, 0.05) is 20.1 Å². The number of piperidine rings is 1. The molecule has 1 heterocycles. The van der Waals surface area contributed by atoms with Crippen molar-refractivity contribution in [2.24, 2.45) is 5.92 Å². The molecule has 1 aromatic carbocycles. The molecular formula is C16H22F2N2O3. The molecule has 0 aromatic heterocycles. The van der Waals surface area contributed by atoms with Crippen molar-refractivity contribution in [2.75, 3.05) is 27.2 Å². The van der Waals surface area contributed by atoms with Crippen molar-refractivity contribution in [3.8, 4) is 11.5 Å². The minimum absolute atomic E-state index is 0.0243. The monoisotopic (exact) mass is 328 g/mol. The lowest BCUT2D eigenvalue weighted by molar-refractivity contribution is -0.126. The first-order valence-electron chi connectivity index (χ1n) is 7.59. The Kier molecular flexibility index (Phi) is 6.15. The number of amides is 1. The molecule has 1 fully saturated rings. The molecule has 1 amide bonds.